The lowest BCUT2D eigenvalue weighted by molar-refractivity contribution is -0.192. The number of amides is 2. The largest absolute Gasteiger partial charge is 0.497 e. The number of aromatic nitrogens is 2. The summed E-state index contributed by atoms with van der Waals surface area (Å²) in [5, 5.41) is 14.9. The van der Waals surface area contributed by atoms with Crippen LogP contribution < -0.4 is 20.7 Å². The first-order valence-corrected chi connectivity index (χ1v) is 11.9. The molecule has 206 valence electrons. The molecule has 0 radical (unpaired) electrons. The van der Waals surface area contributed by atoms with Crippen LogP contribution in [0.4, 0.5) is 18.9 Å². The summed E-state index contributed by atoms with van der Waals surface area (Å²) in [5.74, 6) is -2.91. The van der Waals surface area contributed by atoms with Crippen molar-refractivity contribution in [2.24, 2.45) is 5.73 Å². The Bertz CT molecular complexity index is 1400. The number of hydrogen-bond acceptors (Lipinski definition) is 6. The number of carbonyl (C=O) groups excluding carboxylic acids is 2. The van der Waals surface area contributed by atoms with Gasteiger partial charge in [0.1, 0.15) is 11.4 Å². The number of nitrogens with zero attached hydrogens (tertiary/aromatic N) is 3. The van der Waals surface area contributed by atoms with Crippen molar-refractivity contribution in [2.75, 3.05) is 25.6 Å². The second kappa shape index (κ2) is 10.4. The van der Waals surface area contributed by atoms with Gasteiger partial charge in [-0.2, -0.15) is 18.3 Å². The number of anilines is 1. The number of nitrogens with two attached hydrogens (primary N) is 1. The maximum absolute atomic E-state index is 13.6. The first-order chi connectivity index (χ1) is 18.4. The average Bonchev–Trinajstić information content (AvgIpc) is 3.61. The molecular formula is C26H26F3N5O5. The smallest absolute Gasteiger partial charge is 0.490 e. The number of rotatable bonds is 6. The number of aliphatic carboxylic acids is 1. The van der Waals surface area contributed by atoms with Gasteiger partial charge in [-0.1, -0.05) is 12.1 Å². The molecule has 0 bridgehead atoms. The highest BCUT2D eigenvalue weighted by atomic mass is 19.4. The second-order valence-corrected chi connectivity index (χ2v) is 9.04. The highest BCUT2D eigenvalue weighted by Gasteiger charge is 2.43. The number of primary amides is 1. The number of halogens is 3. The summed E-state index contributed by atoms with van der Waals surface area (Å²) in [6.45, 7) is 0.455. The maximum Gasteiger partial charge on any atom is 0.490 e. The van der Waals surface area contributed by atoms with Gasteiger partial charge in [0.05, 0.1) is 12.8 Å². The molecule has 1 fully saturated rings. The van der Waals surface area contributed by atoms with Crippen molar-refractivity contribution < 1.29 is 37.4 Å². The van der Waals surface area contributed by atoms with E-state index in [2.05, 4.69) is 22.5 Å². The van der Waals surface area contributed by atoms with Gasteiger partial charge in [-0.15, -0.1) is 0 Å². The van der Waals surface area contributed by atoms with Gasteiger partial charge in [0.25, 0.3) is 11.8 Å². The molecule has 10 nitrogen and oxygen atoms in total. The van der Waals surface area contributed by atoms with Gasteiger partial charge in [-0.25, -0.2) is 9.48 Å². The lowest BCUT2D eigenvalue weighted by Gasteiger charge is -2.28. The van der Waals surface area contributed by atoms with Crippen LogP contribution in [0.1, 0.15) is 44.9 Å². The maximum atomic E-state index is 13.6. The van der Waals surface area contributed by atoms with Crippen LogP contribution in [-0.2, 0) is 16.8 Å². The van der Waals surface area contributed by atoms with Crippen LogP contribution >= 0.6 is 0 Å². The molecule has 5 rings (SSSR count). The zero-order valence-corrected chi connectivity index (χ0v) is 21.1. The Balaban J connectivity index is 0.000000448. The van der Waals surface area contributed by atoms with E-state index in [1.807, 2.05) is 19.2 Å². The summed E-state index contributed by atoms with van der Waals surface area (Å²) in [6.07, 6.45) is -2.35. The van der Waals surface area contributed by atoms with Crippen LogP contribution in [0.25, 0.3) is 5.69 Å². The monoisotopic (exact) mass is 545 g/mol. The predicted octanol–water partition coefficient (Wildman–Crippen LogP) is 3.02. The third-order valence-electron chi connectivity index (χ3n) is 6.77. The minimum Gasteiger partial charge on any atom is -0.497 e. The molecular weight excluding hydrogens is 519 g/mol. The van der Waals surface area contributed by atoms with E-state index in [4.69, 9.17) is 20.4 Å². The number of alkyl halides is 3. The Morgan fingerprint density at radius 2 is 1.64 bits per heavy atom. The molecule has 0 unspecified atom stereocenters. The van der Waals surface area contributed by atoms with Crippen molar-refractivity contribution in [1.82, 2.24) is 15.1 Å². The fourth-order valence-corrected chi connectivity index (χ4v) is 4.48. The number of methoxy groups -OCH3 is 1. The van der Waals surface area contributed by atoms with Crippen LogP contribution in [0.5, 0.6) is 5.75 Å². The molecule has 2 heterocycles. The number of nitrogens with one attached hydrogen (secondary N) is 1. The van der Waals surface area contributed by atoms with E-state index in [-0.39, 0.29) is 17.1 Å². The van der Waals surface area contributed by atoms with Crippen molar-refractivity contribution in [3.05, 3.63) is 71.0 Å². The van der Waals surface area contributed by atoms with Crippen LogP contribution in [-0.4, -0.2) is 59.5 Å². The Hall–Kier alpha value is -4.39. The number of carboxylic acid groups (broad SMARTS) is 1. The number of fused-ring (bicyclic) bond motifs is 1. The van der Waals surface area contributed by atoms with E-state index < -0.39 is 18.1 Å². The van der Waals surface area contributed by atoms with E-state index in [0.717, 1.165) is 18.5 Å². The molecule has 13 heteroatoms. The molecule has 2 aromatic carbocycles. The minimum absolute atomic E-state index is 0.0704. The zero-order chi connectivity index (χ0) is 28.5. The third-order valence-corrected chi connectivity index (χ3v) is 6.77. The molecule has 1 saturated carbocycles. The summed E-state index contributed by atoms with van der Waals surface area (Å²) >= 11 is 0. The molecule has 0 saturated heterocycles. The Morgan fingerprint density at radius 1 is 1.08 bits per heavy atom. The fraction of sp³-hybridized carbons (Fsp3) is 0.308. The molecule has 1 aliphatic heterocycles. The quantitative estimate of drug-likeness (QED) is 0.433. The molecule has 1 aromatic heterocycles. The topological polar surface area (TPSA) is 140 Å². The number of carboxylic acids is 1. The highest BCUT2D eigenvalue weighted by molar-refractivity contribution is 6.09. The van der Waals surface area contributed by atoms with E-state index in [1.54, 1.807) is 36.3 Å². The molecule has 39 heavy (non-hydrogen) atoms. The second-order valence-electron chi connectivity index (χ2n) is 9.04. The van der Waals surface area contributed by atoms with Crippen LogP contribution in [0.2, 0.25) is 0 Å². The Labute approximate surface area is 221 Å². The highest BCUT2D eigenvalue weighted by Crippen LogP contribution is 2.45. The summed E-state index contributed by atoms with van der Waals surface area (Å²) in [5.41, 5.74) is 9.46. The number of ether oxygens (including phenoxy) is 1. The number of benzene rings is 2. The van der Waals surface area contributed by atoms with Crippen molar-refractivity contribution >= 4 is 23.5 Å². The molecule has 0 spiro atoms. The normalized spacial score (nSPS) is 15.6. The summed E-state index contributed by atoms with van der Waals surface area (Å²) in [4.78, 5) is 36.3. The standard InChI is InChI=1S/C24H25N5O3.C2HF3O2/c1-26-24(12-13-24)15-3-5-16(6-4-15)28-14-11-19-20(22(25)30)27-29(21(19)23(28)31)17-7-9-18(32-2)10-8-17;3-2(4,5)1(6)7/h3-10,26H,11-14H2,1-2H3,(H2,25,30);(H,6,7). The van der Waals surface area contributed by atoms with E-state index in [9.17, 15) is 22.8 Å². The van der Waals surface area contributed by atoms with Gasteiger partial charge >= 0.3 is 12.1 Å². The summed E-state index contributed by atoms with van der Waals surface area (Å²) < 4.78 is 38.5. The lowest BCUT2D eigenvalue weighted by atomic mass is 10.0. The third kappa shape index (κ3) is 5.43. The van der Waals surface area contributed by atoms with Crippen molar-refractivity contribution in [3.8, 4) is 11.4 Å². The lowest BCUT2D eigenvalue weighted by Crippen LogP contribution is -2.39. The summed E-state index contributed by atoms with van der Waals surface area (Å²) in [7, 11) is 3.57. The molecule has 2 amide bonds. The Kier molecular flexibility index (Phi) is 7.37. The first kappa shape index (κ1) is 27.6. The van der Waals surface area contributed by atoms with Crippen LogP contribution in [0.3, 0.4) is 0 Å². The molecule has 2 aliphatic rings. The summed E-state index contributed by atoms with van der Waals surface area (Å²) in [6, 6.07) is 15.3. The number of hydrogen-bond donors (Lipinski definition) is 3. The van der Waals surface area contributed by atoms with Gasteiger partial charge in [0.15, 0.2) is 5.69 Å². The fourth-order valence-electron chi connectivity index (χ4n) is 4.48. The van der Waals surface area contributed by atoms with Gasteiger partial charge in [-0.3, -0.25) is 9.59 Å². The van der Waals surface area contributed by atoms with Crippen LogP contribution in [0.15, 0.2) is 48.5 Å². The van der Waals surface area contributed by atoms with Gasteiger partial charge < -0.3 is 25.8 Å². The van der Waals surface area contributed by atoms with Crippen LogP contribution in [0, 0.1) is 0 Å². The molecule has 0 atom stereocenters. The van der Waals surface area contributed by atoms with Crippen molar-refractivity contribution in [2.45, 2.75) is 31.0 Å². The van der Waals surface area contributed by atoms with E-state index >= 15 is 0 Å². The molecule has 4 N–H and O–H groups in total. The average molecular weight is 546 g/mol. The van der Waals surface area contributed by atoms with Gasteiger partial charge in [0.2, 0.25) is 0 Å². The number of carbonyl (C=O) groups is 3. The molecule has 3 aromatic rings. The minimum atomic E-state index is -5.08. The predicted molar refractivity (Wildman–Crippen MR) is 134 cm³/mol. The van der Waals surface area contributed by atoms with Gasteiger partial charge in [0, 0.05) is 23.3 Å². The van der Waals surface area contributed by atoms with Crippen molar-refractivity contribution in [3.63, 3.8) is 0 Å². The Morgan fingerprint density at radius 3 is 2.10 bits per heavy atom. The van der Waals surface area contributed by atoms with Gasteiger partial charge in [-0.05, 0) is 68.3 Å². The van der Waals surface area contributed by atoms with E-state index in [1.165, 1.54) is 10.2 Å². The molecule has 1 aliphatic carbocycles. The zero-order valence-electron chi connectivity index (χ0n) is 21.1. The van der Waals surface area contributed by atoms with Crippen molar-refractivity contribution in [1.29, 1.82) is 0 Å². The SMILES string of the molecule is CNC1(c2ccc(N3CCc4c(C(N)=O)nn(-c5ccc(OC)cc5)c4C3=O)cc2)CC1.O=C(O)C(F)(F)F. The first-order valence-electron chi connectivity index (χ1n) is 11.9. The van der Waals surface area contributed by atoms with E-state index in [0.29, 0.717) is 35.7 Å².